The number of nitrogens with zero attached hydrogens (tertiary/aromatic N) is 2. The molecule has 1 aliphatic carbocycles. The predicted octanol–water partition coefficient (Wildman–Crippen LogP) is 1.68. The smallest absolute Gasteiger partial charge is 0.191 e. The van der Waals surface area contributed by atoms with E-state index in [-0.39, 0.29) is 30.1 Å². The molecule has 3 atom stereocenters. The third-order valence-corrected chi connectivity index (χ3v) is 5.22. The van der Waals surface area contributed by atoms with Crippen LogP contribution in [-0.2, 0) is 4.74 Å². The van der Waals surface area contributed by atoms with Crippen molar-refractivity contribution in [3.8, 4) is 0 Å². The van der Waals surface area contributed by atoms with Crippen LogP contribution in [0.2, 0.25) is 0 Å². The fourth-order valence-electron chi connectivity index (χ4n) is 3.67. The average molecular weight is 468 g/mol. The van der Waals surface area contributed by atoms with Crippen LogP contribution in [0, 0.1) is 11.8 Å². The Balaban J connectivity index is 0.00000312. The summed E-state index contributed by atoms with van der Waals surface area (Å²) in [4.78, 5) is 7.33. The molecule has 0 aromatic carbocycles. The summed E-state index contributed by atoms with van der Waals surface area (Å²) in [6.45, 7) is 12.7. The van der Waals surface area contributed by atoms with Gasteiger partial charge in [0.05, 0.1) is 25.9 Å². The van der Waals surface area contributed by atoms with Crippen molar-refractivity contribution in [1.29, 1.82) is 0 Å². The Labute approximate surface area is 170 Å². The number of aliphatic hydroxyl groups is 1. The molecule has 7 heteroatoms. The standard InChI is InChI=1S/C18H36N4O2.HI/c1-4-19-18(20-12-15-6-5-7-17(15)23)21-13-16(14(2)3)22-8-10-24-11-9-22;/h14-17,23H,4-13H2,1-3H3,(H2,19,20,21);1H. The normalized spacial score (nSPS) is 26.4. The summed E-state index contributed by atoms with van der Waals surface area (Å²) in [7, 11) is 0. The van der Waals surface area contributed by atoms with Crippen LogP contribution >= 0.6 is 24.0 Å². The van der Waals surface area contributed by atoms with Crippen molar-refractivity contribution in [1.82, 2.24) is 15.5 Å². The summed E-state index contributed by atoms with van der Waals surface area (Å²) in [5, 5.41) is 16.7. The Bertz CT molecular complexity index is 389. The average Bonchev–Trinajstić information content (AvgIpc) is 2.98. The molecule has 1 heterocycles. The first-order valence-electron chi connectivity index (χ1n) is 9.63. The topological polar surface area (TPSA) is 69.1 Å². The van der Waals surface area contributed by atoms with Crippen molar-refractivity contribution in [3.05, 3.63) is 0 Å². The first-order chi connectivity index (χ1) is 11.6. The molecule has 2 aliphatic rings. The summed E-state index contributed by atoms with van der Waals surface area (Å²) in [5.74, 6) is 1.79. The summed E-state index contributed by atoms with van der Waals surface area (Å²) in [5.41, 5.74) is 0. The van der Waals surface area contributed by atoms with E-state index in [1.807, 2.05) is 0 Å². The molecule has 0 bridgehead atoms. The van der Waals surface area contributed by atoms with Gasteiger partial charge in [0.1, 0.15) is 0 Å². The van der Waals surface area contributed by atoms with Crippen LogP contribution in [0.25, 0.3) is 0 Å². The van der Waals surface area contributed by atoms with Crippen molar-refractivity contribution < 1.29 is 9.84 Å². The SMILES string of the molecule is CCNC(=NCC(C(C)C)N1CCOCC1)NCC1CCCC1O.I. The van der Waals surface area contributed by atoms with Gasteiger partial charge in [-0.2, -0.15) is 0 Å². The van der Waals surface area contributed by atoms with Crippen LogP contribution < -0.4 is 10.6 Å². The Morgan fingerprint density at radius 1 is 1.24 bits per heavy atom. The molecule has 25 heavy (non-hydrogen) atoms. The summed E-state index contributed by atoms with van der Waals surface area (Å²) in [6, 6.07) is 0.446. The Morgan fingerprint density at radius 3 is 2.52 bits per heavy atom. The number of morpholine rings is 1. The number of guanidine groups is 1. The number of hydrogen-bond donors (Lipinski definition) is 3. The lowest BCUT2D eigenvalue weighted by atomic mass is 10.0. The zero-order valence-corrected chi connectivity index (χ0v) is 18.4. The molecule has 3 unspecified atom stereocenters. The molecule has 1 saturated carbocycles. The maximum atomic E-state index is 9.97. The van der Waals surface area contributed by atoms with Gasteiger partial charge in [0.15, 0.2) is 5.96 Å². The molecule has 3 N–H and O–H groups in total. The van der Waals surface area contributed by atoms with E-state index in [4.69, 9.17) is 9.73 Å². The maximum Gasteiger partial charge on any atom is 0.191 e. The largest absolute Gasteiger partial charge is 0.393 e. The van der Waals surface area contributed by atoms with Crippen LogP contribution in [0.1, 0.15) is 40.0 Å². The molecule has 0 spiro atoms. The zero-order valence-electron chi connectivity index (χ0n) is 16.0. The molecule has 0 amide bonds. The number of ether oxygens (including phenoxy) is 1. The molecule has 1 saturated heterocycles. The van der Waals surface area contributed by atoms with E-state index in [1.165, 1.54) is 0 Å². The van der Waals surface area contributed by atoms with Crippen molar-refractivity contribution in [2.45, 2.75) is 52.2 Å². The number of halogens is 1. The minimum atomic E-state index is -0.155. The summed E-state index contributed by atoms with van der Waals surface area (Å²) < 4.78 is 5.47. The van der Waals surface area contributed by atoms with E-state index in [0.29, 0.717) is 17.9 Å². The van der Waals surface area contributed by atoms with Crippen molar-refractivity contribution in [2.75, 3.05) is 45.9 Å². The Kier molecular flexibility index (Phi) is 11.3. The Morgan fingerprint density at radius 2 is 1.96 bits per heavy atom. The van der Waals surface area contributed by atoms with Gasteiger partial charge in [-0.3, -0.25) is 9.89 Å². The second kappa shape index (κ2) is 12.3. The molecule has 0 aromatic heterocycles. The van der Waals surface area contributed by atoms with E-state index >= 15 is 0 Å². The van der Waals surface area contributed by atoms with Gasteiger partial charge in [0.2, 0.25) is 0 Å². The van der Waals surface area contributed by atoms with Crippen molar-refractivity contribution in [3.63, 3.8) is 0 Å². The third kappa shape index (κ3) is 7.56. The Hall–Kier alpha value is -0.120. The molecular formula is C18H37IN4O2. The maximum absolute atomic E-state index is 9.97. The van der Waals surface area contributed by atoms with Gasteiger partial charge in [-0.1, -0.05) is 20.3 Å². The number of aliphatic imine (C=N–C) groups is 1. The van der Waals surface area contributed by atoms with Crippen LogP contribution in [0.15, 0.2) is 4.99 Å². The van der Waals surface area contributed by atoms with Gasteiger partial charge >= 0.3 is 0 Å². The van der Waals surface area contributed by atoms with E-state index in [9.17, 15) is 5.11 Å². The van der Waals surface area contributed by atoms with Crippen LogP contribution in [-0.4, -0.2) is 74.0 Å². The van der Waals surface area contributed by atoms with Crippen LogP contribution in [0.3, 0.4) is 0 Å². The van der Waals surface area contributed by atoms with Crippen molar-refractivity contribution >= 4 is 29.9 Å². The lowest BCUT2D eigenvalue weighted by molar-refractivity contribution is 0.00867. The summed E-state index contributed by atoms with van der Waals surface area (Å²) in [6.07, 6.45) is 3.02. The first kappa shape index (κ1) is 22.9. The zero-order chi connectivity index (χ0) is 17.4. The van der Waals surface area contributed by atoms with Gasteiger partial charge < -0.3 is 20.5 Å². The highest BCUT2D eigenvalue weighted by Gasteiger charge is 2.26. The molecule has 2 fully saturated rings. The number of nitrogens with one attached hydrogen (secondary N) is 2. The number of aliphatic hydroxyl groups excluding tert-OH is 1. The lowest BCUT2D eigenvalue weighted by Crippen LogP contribution is -2.48. The second-order valence-corrected chi connectivity index (χ2v) is 7.32. The third-order valence-electron chi connectivity index (χ3n) is 5.22. The van der Waals surface area contributed by atoms with E-state index in [0.717, 1.165) is 71.2 Å². The second-order valence-electron chi connectivity index (χ2n) is 7.32. The monoisotopic (exact) mass is 468 g/mol. The fraction of sp³-hybridized carbons (Fsp3) is 0.944. The summed E-state index contributed by atoms with van der Waals surface area (Å²) >= 11 is 0. The molecule has 0 radical (unpaired) electrons. The fourth-order valence-corrected chi connectivity index (χ4v) is 3.67. The number of hydrogen-bond acceptors (Lipinski definition) is 4. The predicted molar refractivity (Wildman–Crippen MR) is 114 cm³/mol. The lowest BCUT2D eigenvalue weighted by Gasteiger charge is -2.36. The minimum Gasteiger partial charge on any atom is -0.393 e. The number of rotatable bonds is 7. The molecule has 1 aliphatic heterocycles. The molecule has 0 aromatic rings. The van der Waals surface area contributed by atoms with Crippen molar-refractivity contribution in [2.24, 2.45) is 16.8 Å². The minimum absolute atomic E-state index is 0. The van der Waals surface area contributed by atoms with Gasteiger partial charge in [0.25, 0.3) is 0 Å². The van der Waals surface area contributed by atoms with E-state index in [2.05, 4.69) is 36.3 Å². The van der Waals surface area contributed by atoms with Crippen LogP contribution in [0.5, 0.6) is 0 Å². The van der Waals surface area contributed by atoms with Gasteiger partial charge in [0, 0.05) is 38.1 Å². The molecule has 2 rings (SSSR count). The van der Waals surface area contributed by atoms with E-state index in [1.54, 1.807) is 0 Å². The highest BCUT2D eigenvalue weighted by molar-refractivity contribution is 14.0. The highest BCUT2D eigenvalue weighted by Crippen LogP contribution is 2.24. The molecular weight excluding hydrogens is 431 g/mol. The van der Waals surface area contributed by atoms with Crippen LogP contribution in [0.4, 0.5) is 0 Å². The van der Waals surface area contributed by atoms with Gasteiger partial charge in [-0.25, -0.2) is 0 Å². The first-order valence-corrected chi connectivity index (χ1v) is 9.63. The van der Waals surface area contributed by atoms with E-state index < -0.39 is 0 Å². The quantitative estimate of drug-likeness (QED) is 0.302. The molecule has 148 valence electrons. The highest BCUT2D eigenvalue weighted by atomic mass is 127. The van der Waals surface area contributed by atoms with Gasteiger partial charge in [-0.05, 0) is 25.7 Å². The van der Waals surface area contributed by atoms with Gasteiger partial charge in [-0.15, -0.1) is 24.0 Å². The molecule has 6 nitrogen and oxygen atoms in total.